The van der Waals surface area contributed by atoms with Gasteiger partial charge in [-0.05, 0) is 53.1 Å². The molecule has 2 aliphatic rings. The lowest BCUT2D eigenvalue weighted by atomic mass is 9.89. The van der Waals surface area contributed by atoms with Crippen molar-refractivity contribution in [1.29, 1.82) is 0 Å². The highest BCUT2D eigenvalue weighted by Gasteiger charge is 2.56. The molecular formula is C74H86O9Si2. The van der Waals surface area contributed by atoms with Crippen LogP contribution in [-0.2, 0) is 68.4 Å². The van der Waals surface area contributed by atoms with E-state index >= 15 is 0 Å². The van der Waals surface area contributed by atoms with Crippen molar-refractivity contribution < 1.29 is 42.0 Å². The molecule has 5 unspecified atom stereocenters. The van der Waals surface area contributed by atoms with Crippen LogP contribution in [0.15, 0.2) is 243 Å². The van der Waals surface area contributed by atoms with Gasteiger partial charge in [-0.3, -0.25) is 0 Å². The molecule has 2 fully saturated rings. The van der Waals surface area contributed by atoms with Gasteiger partial charge in [0.2, 0.25) is 0 Å². The standard InChI is InChI=1S/C74H86O9Si2/c1-55-65(53-79-84(73(3,4)5,61-41-25-13-26-42-61)62-43-27-14-28-44-62)81-72(70(78-52-60-39-23-12-24-40-60)67(55)75-49-57-33-17-9-18-34-57)83-71-56(2)68(76-50-58-35-19-10-20-36-58)69(77-51-59-37-21-11-22-38-59)66(82-71)54-80-85(74(6,7)8,63-45-29-15-30-46-63)64-47-31-16-32-48-64/h9-48,55-56,65-72H,49-54H2,1-8H3/t55-,56?,65?,66?,67+,68?,69-,70?,71-,72-/m1/s1. The summed E-state index contributed by atoms with van der Waals surface area (Å²) < 4.78 is 67.0. The fraction of sp³-hybridized carbons (Fsp3) is 0.351. The van der Waals surface area contributed by atoms with Crippen LogP contribution in [-0.4, -0.2) is 79.1 Å². The summed E-state index contributed by atoms with van der Waals surface area (Å²) in [7, 11) is -6.17. The molecule has 0 N–H and O–H groups in total. The Hall–Kier alpha value is -6.17. The minimum Gasteiger partial charge on any atom is -0.405 e. The summed E-state index contributed by atoms with van der Waals surface area (Å²) in [6.45, 7) is 19.9. The molecule has 0 aromatic heterocycles. The topological polar surface area (TPSA) is 83.1 Å². The van der Waals surface area contributed by atoms with E-state index in [1.807, 2.05) is 72.8 Å². The van der Waals surface area contributed by atoms with E-state index in [0.717, 1.165) is 22.3 Å². The van der Waals surface area contributed by atoms with Crippen LogP contribution in [0.25, 0.3) is 0 Å². The molecule has 2 saturated heterocycles. The number of hydrogen-bond donors (Lipinski definition) is 0. The zero-order chi connectivity index (χ0) is 59.3. The molecule has 444 valence electrons. The summed E-state index contributed by atoms with van der Waals surface area (Å²) in [6.07, 6.45) is -5.47. The number of benzene rings is 8. The Morgan fingerprint density at radius 1 is 0.318 bits per heavy atom. The predicted molar refractivity (Wildman–Crippen MR) is 344 cm³/mol. The second kappa shape index (κ2) is 28.6. The first-order chi connectivity index (χ1) is 41.2. The second-order valence-electron chi connectivity index (χ2n) is 24.9. The minimum absolute atomic E-state index is 0.179. The highest BCUT2D eigenvalue weighted by molar-refractivity contribution is 7.00. The van der Waals surface area contributed by atoms with Crippen LogP contribution >= 0.6 is 0 Å². The van der Waals surface area contributed by atoms with Crippen molar-refractivity contribution in [1.82, 2.24) is 0 Å². The predicted octanol–water partition coefficient (Wildman–Crippen LogP) is 13.2. The Balaban J connectivity index is 1.06. The molecule has 11 heteroatoms. The fourth-order valence-electron chi connectivity index (χ4n) is 12.7. The van der Waals surface area contributed by atoms with Crippen LogP contribution in [0.2, 0.25) is 10.1 Å². The molecule has 8 aromatic carbocycles. The first-order valence-electron chi connectivity index (χ1n) is 30.3. The van der Waals surface area contributed by atoms with Gasteiger partial charge in [-0.2, -0.15) is 0 Å². The smallest absolute Gasteiger partial charge is 0.261 e. The molecular weight excluding hydrogens is 1090 g/mol. The van der Waals surface area contributed by atoms with Crippen LogP contribution in [0.3, 0.4) is 0 Å². The highest BCUT2D eigenvalue weighted by atomic mass is 28.4. The first-order valence-corrected chi connectivity index (χ1v) is 34.2. The molecule has 0 spiro atoms. The molecule has 0 radical (unpaired) electrons. The maximum Gasteiger partial charge on any atom is 0.261 e. The molecule has 0 amide bonds. The SMILES string of the molecule is CC1C(OCc2ccccc2)[C@H](OCc2ccccc2)C(CO[Si](c2ccccc2)(c2ccccc2)C(C)(C)C)O[C@@H]1O[C@H]1OC(CO[Si](c2ccccc2)(c2ccccc2)C(C)(C)C)[C@@H](C)[C@H](OCc2ccccc2)C1OCc1ccccc1. The third-order valence-electron chi connectivity index (χ3n) is 17.1. The molecule has 0 aliphatic carbocycles. The minimum atomic E-state index is -3.12. The molecule has 8 aromatic rings. The van der Waals surface area contributed by atoms with Crippen molar-refractivity contribution in [3.8, 4) is 0 Å². The number of ether oxygens (including phenoxy) is 7. The molecule has 10 atom stereocenters. The van der Waals surface area contributed by atoms with E-state index in [2.05, 4.69) is 225 Å². The lowest BCUT2D eigenvalue weighted by Crippen LogP contribution is -2.68. The van der Waals surface area contributed by atoms with E-state index in [-0.39, 0.29) is 29.2 Å². The van der Waals surface area contributed by atoms with Crippen molar-refractivity contribution >= 4 is 37.4 Å². The lowest BCUT2D eigenvalue weighted by Gasteiger charge is -2.51. The molecule has 0 bridgehead atoms. The Morgan fingerprint density at radius 2 is 0.588 bits per heavy atom. The second-order valence-corrected chi connectivity index (χ2v) is 33.5. The average Bonchev–Trinajstić information content (AvgIpc) is 1.56. The third-order valence-corrected chi connectivity index (χ3v) is 27.1. The number of hydrogen-bond acceptors (Lipinski definition) is 9. The van der Waals surface area contributed by atoms with Gasteiger partial charge in [0.15, 0.2) is 12.6 Å². The quantitative estimate of drug-likeness (QED) is 0.0549. The molecule has 85 heavy (non-hydrogen) atoms. The van der Waals surface area contributed by atoms with Gasteiger partial charge in [0.25, 0.3) is 16.6 Å². The van der Waals surface area contributed by atoms with Gasteiger partial charge in [-0.1, -0.05) is 298 Å². The molecule has 2 aliphatic heterocycles. The zero-order valence-corrected chi connectivity index (χ0v) is 52.8. The van der Waals surface area contributed by atoms with Gasteiger partial charge in [0, 0.05) is 11.8 Å². The van der Waals surface area contributed by atoms with Gasteiger partial charge < -0.3 is 42.0 Å². The van der Waals surface area contributed by atoms with Crippen LogP contribution in [0.1, 0.15) is 77.6 Å². The summed E-state index contributed by atoms with van der Waals surface area (Å²) >= 11 is 0. The number of rotatable bonds is 24. The summed E-state index contributed by atoms with van der Waals surface area (Å²) in [4.78, 5) is 0. The Kier molecular flexibility index (Phi) is 20.8. The highest BCUT2D eigenvalue weighted by Crippen LogP contribution is 2.42. The van der Waals surface area contributed by atoms with E-state index in [4.69, 9.17) is 42.0 Å². The van der Waals surface area contributed by atoms with E-state index in [9.17, 15) is 0 Å². The van der Waals surface area contributed by atoms with Gasteiger partial charge in [-0.15, -0.1) is 0 Å². The van der Waals surface area contributed by atoms with Crippen molar-refractivity contribution in [2.45, 2.75) is 141 Å². The Bertz CT molecular complexity index is 3130. The van der Waals surface area contributed by atoms with E-state index in [0.29, 0.717) is 26.4 Å². The van der Waals surface area contributed by atoms with Crippen LogP contribution in [0.4, 0.5) is 0 Å². The monoisotopic (exact) mass is 1170 g/mol. The summed E-state index contributed by atoms with van der Waals surface area (Å²) in [6, 6.07) is 84.2. The Labute approximate surface area is 507 Å². The van der Waals surface area contributed by atoms with E-state index in [1.54, 1.807) is 0 Å². The van der Waals surface area contributed by atoms with Gasteiger partial charge >= 0.3 is 0 Å². The maximum absolute atomic E-state index is 7.80. The molecule has 9 nitrogen and oxygen atoms in total. The Morgan fingerprint density at radius 3 is 0.918 bits per heavy atom. The van der Waals surface area contributed by atoms with Crippen LogP contribution < -0.4 is 20.7 Å². The van der Waals surface area contributed by atoms with E-state index < -0.39 is 71.8 Å². The van der Waals surface area contributed by atoms with Crippen molar-refractivity contribution in [2.24, 2.45) is 11.8 Å². The maximum atomic E-state index is 7.80. The van der Waals surface area contributed by atoms with Crippen molar-refractivity contribution in [3.63, 3.8) is 0 Å². The first kappa shape index (κ1) is 61.9. The van der Waals surface area contributed by atoms with Crippen LogP contribution in [0.5, 0.6) is 0 Å². The normalized spacial score (nSPS) is 23.1. The summed E-state index contributed by atoms with van der Waals surface area (Å²) in [5, 5.41) is 4.12. The third kappa shape index (κ3) is 14.5. The van der Waals surface area contributed by atoms with Gasteiger partial charge in [0.1, 0.15) is 18.3 Å². The van der Waals surface area contributed by atoms with E-state index in [1.165, 1.54) is 20.7 Å². The summed E-state index contributed by atoms with van der Waals surface area (Å²) in [5.41, 5.74) is 4.15. The fourth-order valence-corrected chi connectivity index (χ4v) is 21.8. The van der Waals surface area contributed by atoms with Crippen molar-refractivity contribution in [3.05, 3.63) is 265 Å². The van der Waals surface area contributed by atoms with Gasteiger partial charge in [0.05, 0.1) is 58.0 Å². The van der Waals surface area contributed by atoms with Crippen molar-refractivity contribution in [2.75, 3.05) is 13.2 Å². The van der Waals surface area contributed by atoms with Crippen LogP contribution in [0, 0.1) is 11.8 Å². The zero-order valence-electron chi connectivity index (χ0n) is 50.8. The molecule has 0 saturated carbocycles. The molecule has 10 rings (SSSR count). The largest absolute Gasteiger partial charge is 0.405 e. The molecule has 2 heterocycles. The average molecular weight is 1180 g/mol. The lowest BCUT2D eigenvalue weighted by molar-refractivity contribution is -0.376. The summed E-state index contributed by atoms with van der Waals surface area (Å²) in [5.74, 6) is -0.626. The van der Waals surface area contributed by atoms with Gasteiger partial charge in [-0.25, -0.2) is 0 Å².